The van der Waals surface area contributed by atoms with Crippen LogP contribution in [-0.4, -0.2) is 26.0 Å². The van der Waals surface area contributed by atoms with Crippen LogP contribution >= 0.6 is 0 Å². The maximum absolute atomic E-state index is 13.5. The summed E-state index contributed by atoms with van der Waals surface area (Å²) < 4.78 is 52.3. The van der Waals surface area contributed by atoms with Crippen LogP contribution in [0.3, 0.4) is 0 Å². The highest BCUT2D eigenvalue weighted by molar-refractivity contribution is 7.89. The molecule has 1 aromatic rings. The molecule has 0 aliphatic carbocycles. The Bertz CT molecular complexity index is 689. The van der Waals surface area contributed by atoms with Crippen LogP contribution in [0.5, 0.6) is 0 Å². The molecular weight excluding hydrogens is 292 g/mol. The van der Waals surface area contributed by atoms with Crippen LogP contribution in [0.4, 0.5) is 8.78 Å². The number of hydrogen-bond donors (Lipinski definition) is 2. The second-order valence-corrected chi connectivity index (χ2v) is 5.39. The first-order valence-corrected chi connectivity index (χ1v) is 6.89. The van der Waals surface area contributed by atoms with Crippen molar-refractivity contribution in [1.29, 1.82) is 0 Å². The molecule has 108 valence electrons. The molecule has 20 heavy (non-hydrogen) atoms. The lowest BCUT2D eigenvalue weighted by molar-refractivity contribution is 0.0696. The first-order chi connectivity index (χ1) is 9.29. The topological polar surface area (TPSA) is 83.5 Å². The van der Waals surface area contributed by atoms with E-state index in [9.17, 15) is 22.0 Å². The first-order valence-electron chi connectivity index (χ1n) is 5.41. The molecule has 0 aliphatic heterocycles. The minimum atomic E-state index is -4.35. The first kappa shape index (κ1) is 16.1. The molecule has 0 radical (unpaired) electrons. The minimum absolute atomic E-state index is 0.0957. The third-order valence-electron chi connectivity index (χ3n) is 2.25. The molecule has 0 amide bonds. The zero-order valence-corrected chi connectivity index (χ0v) is 11.2. The summed E-state index contributed by atoms with van der Waals surface area (Å²) in [7, 11) is -4.35. The van der Waals surface area contributed by atoms with E-state index in [4.69, 9.17) is 5.11 Å². The Morgan fingerprint density at radius 3 is 2.60 bits per heavy atom. The van der Waals surface area contributed by atoms with Crippen molar-refractivity contribution in [2.75, 3.05) is 6.54 Å². The van der Waals surface area contributed by atoms with Crippen LogP contribution < -0.4 is 4.72 Å². The van der Waals surface area contributed by atoms with Crippen molar-refractivity contribution in [3.8, 4) is 11.8 Å². The quantitative estimate of drug-likeness (QED) is 0.635. The molecule has 0 aliphatic rings. The Kier molecular flexibility index (Phi) is 5.19. The van der Waals surface area contributed by atoms with Gasteiger partial charge in [0, 0.05) is 13.0 Å². The van der Waals surface area contributed by atoms with Gasteiger partial charge in [0.1, 0.15) is 4.90 Å². The van der Waals surface area contributed by atoms with E-state index >= 15 is 0 Å². The molecule has 0 atom stereocenters. The summed E-state index contributed by atoms with van der Waals surface area (Å²) in [5.41, 5.74) is -0.655. The van der Waals surface area contributed by atoms with Crippen molar-refractivity contribution in [2.45, 2.75) is 18.2 Å². The van der Waals surface area contributed by atoms with Crippen molar-refractivity contribution >= 4 is 16.0 Å². The van der Waals surface area contributed by atoms with Crippen LogP contribution in [0.15, 0.2) is 17.0 Å². The molecule has 1 aromatic carbocycles. The zero-order chi connectivity index (χ0) is 15.3. The van der Waals surface area contributed by atoms with Gasteiger partial charge in [-0.3, -0.25) is 0 Å². The number of nitrogens with one attached hydrogen (secondary N) is 1. The summed E-state index contributed by atoms with van der Waals surface area (Å²) in [4.78, 5) is 9.68. The number of carboxylic acid groups (broad SMARTS) is 1. The highest BCUT2D eigenvalue weighted by Crippen LogP contribution is 2.19. The highest BCUT2D eigenvalue weighted by atomic mass is 32.2. The SMILES string of the molecule is CC#CCCNS(=O)(=O)c1cc(C(=O)O)cc(F)c1F. The third kappa shape index (κ3) is 3.76. The van der Waals surface area contributed by atoms with Gasteiger partial charge in [-0.2, -0.15) is 0 Å². The predicted molar refractivity (Wildman–Crippen MR) is 66.6 cm³/mol. The Morgan fingerprint density at radius 2 is 2.05 bits per heavy atom. The lowest BCUT2D eigenvalue weighted by Crippen LogP contribution is -2.26. The van der Waals surface area contributed by atoms with E-state index in [1.54, 1.807) is 6.92 Å². The molecule has 0 bridgehead atoms. The van der Waals surface area contributed by atoms with Gasteiger partial charge in [-0.05, 0) is 19.1 Å². The van der Waals surface area contributed by atoms with E-state index in [0.717, 1.165) is 0 Å². The van der Waals surface area contributed by atoms with Crippen molar-refractivity contribution in [2.24, 2.45) is 0 Å². The van der Waals surface area contributed by atoms with Crippen molar-refractivity contribution < 1.29 is 27.1 Å². The molecule has 8 heteroatoms. The summed E-state index contributed by atoms with van der Waals surface area (Å²) in [5, 5.41) is 8.71. The molecule has 0 saturated heterocycles. The molecule has 1 rings (SSSR count). The van der Waals surface area contributed by atoms with Gasteiger partial charge in [-0.25, -0.2) is 26.7 Å². The molecule has 0 unspecified atom stereocenters. The van der Waals surface area contributed by atoms with E-state index in [0.29, 0.717) is 12.1 Å². The Hall–Kier alpha value is -1.98. The van der Waals surface area contributed by atoms with Crippen molar-refractivity contribution in [3.63, 3.8) is 0 Å². The number of sulfonamides is 1. The van der Waals surface area contributed by atoms with Gasteiger partial charge < -0.3 is 5.11 Å². The van der Waals surface area contributed by atoms with Crippen LogP contribution in [0.1, 0.15) is 23.7 Å². The fourth-order valence-corrected chi connectivity index (χ4v) is 2.48. The number of halogens is 2. The molecule has 0 spiro atoms. The van der Waals surface area contributed by atoms with E-state index < -0.39 is 38.1 Å². The average Bonchev–Trinajstić information content (AvgIpc) is 2.37. The normalized spacial score (nSPS) is 10.8. The minimum Gasteiger partial charge on any atom is -0.478 e. The van der Waals surface area contributed by atoms with E-state index in [1.807, 2.05) is 4.72 Å². The number of carboxylic acids is 1. The molecule has 0 saturated carbocycles. The van der Waals surface area contributed by atoms with Gasteiger partial charge >= 0.3 is 5.97 Å². The van der Waals surface area contributed by atoms with Gasteiger partial charge in [0.15, 0.2) is 11.6 Å². The molecule has 0 aromatic heterocycles. The van der Waals surface area contributed by atoms with Crippen LogP contribution in [-0.2, 0) is 10.0 Å². The molecule has 2 N–H and O–H groups in total. The summed E-state index contributed by atoms with van der Waals surface area (Å²) in [5.74, 6) is 0.408. The number of hydrogen-bond acceptors (Lipinski definition) is 3. The summed E-state index contributed by atoms with van der Waals surface area (Å²) >= 11 is 0. The number of aromatic carboxylic acids is 1. The summed E-state index contributed by atoms with van der Waals surface area (Å²) in [6, 6.07) is 0.980. The Labute approximate surface area is 114 Å². The summed E-state index contributed by atoms with van der Waals surface area (Å²) in [6.07, 6.45) is 0.193. The highest BCUT2D eigenvalue weighted by Gasteiger charge is 2.24. The molecule has 0 fully saturated rings. The second-order valence-electron chi connectivity index (χ2n) is 3.65. The van der Waals surface area contributed by atoms with Gasteiger partial charge in [-0.1, -0.05) is 0 Å². The predicted octanol–water partition coefficient (Wildman–Crippen LogP) is 1.35. The Balaban J connectivity index is 3.16. The Morgan fingerprint density at radius 1 is 1.40 bits per heavy atom. The fraction of sp³-hybridized carbons (Fsp3) is 0.250. The maximum atomic E-state index is 13.5. The van der Waals surface area contributed by atoms with Crippen LogP contribution in [0.2, 0.25) is 0 Å². The van der Waals surface area contributed by atoms with Gasteiger partial charge in [0.05, 0.1) is 5.56 Å². The molecule has 5 nitrogen and oxygen atoms in total. The zero-order valence-electron chi connectivity index (χ0n) is 10.4. The fourth-order valence-electron chi connectivity index (χ4n) is 1.33. The lowest BCUT2D eigenvalue weighted by atomic mass is 10.2. The largest absolute Gasteiger partial charge is 0.478 e. The van der Waals surface area contributed by atoms with E-state index in [2.05, 4.69) is 11.8 Å². The van der Waals surface area contributed by atoms with Gasteiger partial charge in [0.25, 0.3) is 0 Å². The standard InChI is InChI=1S/C12H11F2NO4S/c1-2-3-4-5-15-20(18,19)10-7-8(12(16)17)6-9(13)11(10)14/h6-7,15H,4-5H2,1H3,(H,16,17). The van der Waals surface area contributed by atoms with Gasteiger partial charge in [0.2, 0.25) is 10.0 Å². The number of rotatable bonds is 5. The second kappa shape index (κ2) is 6.45. The lowest BCUT2D eigenvalue weighted by Gasteiger charge is -2.08. The third-order valence-corrected chi connectivity index (χ3v) is 3.71. The smallest absolute Gasteiger partial charge is 0.335 e. The molecule has 0 heterocycles. The number of benzene rings is 1. The monoisotopic (exact) mass is 303 g/mol. The van der Waals surface area contributed by atoms with Gasteiger partial charge in [-0.15, -0.1) is 11.8 Å². The van der Waals surface area contributed by atoms with E-state index in [-0.39, 0.29) is 13.0 Å². The van der Waals surface area contributed by atoms with Crippen molar-refractivity contribution in [1.82, 2.24) is 4.72 Å². The number of carbonyl (C=O) groups is 1. The average molecular weight is 303 g/mol. The maximum Gasteiger partial charge on any atom is 0.335 e. The van der Waals surface area contributed by atoms with Crippen molar-refractivity contribution in [3.05, 3.63) is 29.3 Å². The van der Waals surface area contributed by atoms with Crippen LogP contribution in [0, 0.1) is 23.5 Å². The summed E-state index contributed by atoms with van der Waals surface area (Å²) in [6.45, 7) is 1.47. The molecular formula is C12H11F2NO4S. The van der Waals surface area contributed by atoms with E-state index in [1.165, 1.54) is 0 Å². The van der Waals surface area contributed by atoms with Crippen LogP contribution in [0.25, 0.3) is 0 Å².